The fraction of sp³-hybridized carbons (Fsp3) is 0.0556. The number of anilines is 1. The summed E-state index contributed by atoms with van der Waals surface area (Å²) in [5.41, 5.74) is 2.54. The van der Waals surface area contributed by atoms with Crippen LogP contribution < -0.4 is 10.6 Å². The molecule has 0 bridgehead atoms. The lowest BCUT2D eigenvalue weighted by molar-refractivity contribution is -0.115. The fourth-order valence-electron chi connectivity index (χ4n) is 2.45. The van der Waals surface area contributed by atoms with Crippen molar-refractivity contribution >= 4 is 45.1 Å². The van der Waals surface area contributed by atoms with Crippen LogP contribution in [0.4, 0.5) is 5.69 Å². The number of hydrogen-bond acceptors (Lipinski definition) is 5. The first-order valence-electron chi connectivity index (χ1n) is 7.83. The average molecular weight is 382 g/mol. The van der Waals surface area contributed by atoms with E-state index < -0.39 is 0 Å². The molecule has 130 valence electrons. The molecule has 0 saturated carbocycles. The van der Waals surface area contributed by atoms with Crippen molar-refractivity contribution in [3.8, 4) is 11.3 Å². The SMILES string of the molecule is O=C(CNC(=O)c1cccs1)Nc1ccc(-c2cn3ccsc3n2)cc1. The number of carbonyl (C=O) groups excluding carboxylic acids is 2. The molecule has 26 heavy (non-hydrogen) atoms. The van der Waals surface area contributed by atoms with E-state index in [-0.39, 0.29) is 18.4 Å². The van der Waals surface area contributed by atoms with Crippen molar-refractivity contribution in [1.82, 2.24) is 14.7 Å². The van der Waals surface area contributed by atoms with Crippen molar-refractivity contribution in [1.29, 1.82) is 0 Å². The second kappa shape index (κ2) is 7.11. The maximum Gasteiger partial charge on any atom is 0.261 e. The van der Waals surface area contributed by atoms with E-state index in [1.807, 2.05) is 51.8 Å². The molecule has 0 fully saturated rings. The summed E-state index contributed by atoms with van der Waals surface area (Å²) in [6.07, 6.45) is 3.94. The number of fused-ring (bicyclic) bond motifs is 1. The molecule has 1 aromatic carbocycles. The molecule has 4 aromatic rings. The summed E-state index contributed by atoms with van der Waals surface area (Å²) in [5, 5.41) is 9.18. The molecular formula is C18H14N4O2S2. The van der Waals surface area contributed by atoms with Gasteiger partial charge in [0.25, 0.3) is 5.91 Å². The third-order valence-corrected chi connectivity index (χ3v) is 5.35. The Hall–Kier alpha value is -2.97. The highest BCUT2D eigenvalue weighted by Gasteiger charge is 2.09. The summed E-state index contributed by atoms with van der Waals surface area (Å²) < 4.78 is 1.98. The summed E-state index contributed by atoms with van der Waals surface area (Å²) >= 11 is 2.92. The Labute approximate surface area is 157 Å². The van der Waals surface area contributed by atoms with Gasteiger partial charge >= 0.3 is 0 Å². The standard InChI is InChI=1S/C18H14N4O2S2/c23-16(10-19-17(24)15-2-1-8-25-15)20-13-5-3-12(4-6-13)14-11-22-7-9-26-18(22)21-14/h1-9,11H,10H2,(H,19,24)(H,20,23). The Bertz CT molecular complexity index is 1020. The Kier molecular flexibility index (Phi) is 4.51. The van der Waals surface area contributed by atoms with Gasteiger partial charge in [0, 0.05) is 29.0 Å². The van der Waals surface area contributed by atoms with Gasteiger partial charge in [-0.15, -0.1) is 22.7 Å². The van der Waals surface area contributed by atoms with E-state index >= 15 is 0 Å². The molecule has 0 unspecified atom stereocenters. The molecule has 0 spiro atoms. The summed E-state index contributed by atoms with van der Waals surface area (Å²) in [6, 6.07) is 11.0. The minimum absolute atomic E-state index is 0.0736. The summed E-state index contributed by atoms with van der Waals surface area (Å²) in [7, 11) is 0. The zero-order chi connectivity index (χ0) is 17.9. The molecule has 2 N–H and O–H groups in total. The first-order chi connectivity index (χ1) is 12.7. The van der Waals surface area contributed by atoms with E-state index in [0.717, 1.165) is 16.2 Å². The van der Waals surface area contributed by atoms with E-state index in [0.29, 0.717) is 10.6 Å². The van der Waals surface area contributed by atoms with Crippen LogP contribution in [0.25, 0.3) is 16.2 Å². The summed E-state index contributed by atoms with van der Waals surface area (Å²) in [5.74, 6) is -0.518. The molecule has 3 aromatic heterocycles. The number of rotatable bonds is 5. The van der Waals surface area contributed by atoms with Crippen molar-refractivity contribution in [3.05, 3.63) is 64.4 Å². The fourth-order valence-corrected chi connectivity index (χ4v) is 3.79. The highest BCUT2D eigenvalue weighted by molar-refractivity contribution is 7.15. The highest BCUT2D eigenvalue weighted by atomic mass is 32.1. The van der Waals surface area contributed by atoms with Crippen LogP contribution in [0.15, 0.2) is 59.6 Å². The maximum absolute atomic E-state index is 12.0. The number of amides is 2. The minimum atomic E-state index is -0.273. The molecule has 4 rings (SSSR count). The Morgan fingerprint density at radius 1 is 1.08 bits per heavy atom. The molecule has 8 heteroatoms. The van der Waals surface area contributed by atoms with Crippen LogP contribution in [0.2, 0.25) is 0 Å². The van der Waals surface area contributed by atoms with Crippen LogP contribution in [0.3, 0.4) is 0 Å². The molecule has 3 heterocycles. The van der Waals surface area contributed by atoms with Crippen LogP contribution in [-0.2, 0) is 4.79 Å². The van der Waals surface area contributed by atoms with Gasteiger partial charge in [0.05, 0.1) is 17.1 Å². The van der Waals surface area contributed by atoms with Crippen molar-refractivity contribution in [2.24, 2.45) is 0 Å². The normalized spacial score (nSPS) is 10.8. The number of imidazole rings is 1. The van der Waals surface area contributed by atoms with E-state index in [1.54, 1.807) is 23.5 Å². The van der Waals surface area contributed by atoms with Crippen LogP contribution in [-0.4, -0.2) is 27.7 Å². The molecule has 0 atom stereocenters. The quantitative estimate of drug-likeness (QED) is 0.555. The van der Waals surface area contributed by atoms with Crippen molar-refractivity contribution < 1.29 is 9.59 Å². The third kappa shape index (κ3) is 3.51. The van der Waals surface area contributed by atoms with Crippen molar-refractivity contribution in [2.45, 2.75) is 0 Å². The Morgan fingerprint density at radius 3 is 2.65 bits per heavy atom. The predicted molar refractivity (Wildman–Crippen MR) is 104 cm³/mol. The first-order valence-corrected chi connectivity index (χ1v) is 9.59. The van der Waals surface area contributed by atoms with Gasteiger partial charge < -0.3 is 10.6 Å². The highest BCUT2D eigenvalue weighted by Crippen LogP contribution is 2.23. The lowest BCUT2D eigenvalue weighted by Crippen LogP contribution is -2.32. The number of hydrogen-bond donors (Lipinski definition) is 2. The van der Waals surface area contributed by atoms with E-state index in [9.17, 15) is 9.59 Å². The van der Waals surface area contributed by atoms with Gasteiger partial charge in [-0.3, -0.25) is 14.0 Å². The molecule has 0 aliphatic rings. The lowest BCUT2D eigenvalue weighted by atomic mass is 10.1. The van der Waals surface area contributed by atoms with Crippen LogP contribution in [0.1, 0.15) is 9.67 Å². The monoisotopic (exact) mass is 382 g/mol. The molecule has 0 aliphatic heterocycles. The van der Waals surface area contributed by atoms with Gasteiger partial charge in [0.15, 0.2) is 4.96 Å². The number of nitrogens with one attached hydrogen (secondary N) is 2. The number of aromatic nitrogens is 2. The molecule has 6 nitrogen and oxygen atoms in total. The van der Waals surface area contributed by atoms with Crippen molar-refractivity contribution in [2.75, 3.05) is 11.9 Å². The summed E-state index contributed by atoms with van der Waals surface area (Å²) in [6.45, 7) is -0.0736. The first kappa shape index (κ1) is 16.5. The lowest BCUT2D eigenvalue weighted by Gasteiger charge is -2.07. The van der Waals surface area contributed by atoms with E-state index in [4.69, 9.17) is 0 Å². The average Bonchev–Trinajstić information content (AvgIpc) is 3.37. The maximum atomic E-state index is 12.0. The van der Waals surface area contributed by atoms with Crippen molar-refractivity contribution in [3.63, 3.8) is 0 Å². The largest absolute Gasteiger partial charge is 0.342 e. The zero-order valence-electron chi connectivity index (χ0n) is 13.5. The number of thiophene rings is 1. The minimum Gasteiger partial charge on any atom is -0.342 e. The number of benzene rings is 1. The molecule has 0 aliphatic carbocycles. The van der Waals surface area contributed by atoms with Gasteiger partial charge in [-0.1, -0.05) is 18.2 Å². The van der Waals surface area contributed by atoms with Gasteiger partial charge in [-0.05, 0) is 23.6 Å². The predicted octanol–water partition coefficient (Wildman–Crippen LogP) is 3.49. The smallest absolute Gasteiger partial charge is 0.261 e. The molecular weight excluding hydrogens is 368 g/mol. The topological polar surface area (TPSA) is 75.5 Å². The second-order valence-electron chi connectivity index (χ2n) is 5.50. The molecule has 2 amide bonds. The number of carbonyl (C=O) groups is 2. The molecule has 0 radical (unpaired) electrons. The summed E-state index contributed by atoms with van der Waals surface area (Å²) in [4.78, 5) is 29.9. The van der Waals surface area contributed by atoms with Gasteiger partial charge in [-0.2, -0.15) is 0 Å². The zero-order valence-corrected chi connectivity index (χ0v) is 15.1. The van der Waals surface area contributed by atoms with Crippen LogP contribution in [0, 0.1) is 0 Å². The van der Waals surface area contributed by atoms with Gasteiger partial charge in [-0.25, -0.2) is 4.98 Å². The number of nitrogens with zero attached hydrogens (tertiary/aromatic N) is 2. The van der Waals surface area contributed by atoms with E-state index in [1.165, 1.54) is 11.3 Å². The van der Waals surface area contributed by atoms with Gasteiger partial charge in [0.1, 0.15) is 0 Å². The Morgan fingerprint density at radius 2 is 1.92 bits per heavy atom. The Balaban J connectivity index is 1.35. The third-order valence-electron chi connectivity index (χ3n) is 3.71. The van der Waals surface area contributed by atoms with Crippen LogP contribution in [0.5, 0.6) is 0 Å². The van der Waals surface area contributed by atoms with E-state index in [2.05, 4.69) is 15.6 Å². The second-order valence-corrected chi connectivity index (χ2v) is 7.33. The van der Waals surface area contributed by atoms with Gasteiger partial charge in [0.2, 0.25) is 5.91 Å². The molecule has 0 saturated heterocycles. The number of thiazole rings is 1. The van der Waals surface area contributed by atoms with Crippen LogP contribution >= 0.6 is 22.7 Å².